The van der Waals surface area contributed by atoms with Gasteiger partial charge >= 0.3 is 0 Å². The van der Waals surface area contributed by atoms with Gasteiger partial charge in [0.2, 0.25) is 5.60 Å². The van der Waals surface area contributed by atoms with Gasteiger partial charge in [0.15, 0.2) is 0 Å². The molecule has 1 aliphatic rings. The van der Waals surface area contributed by atoms with Crippen LogP contribution in [0.4, 0.5) is 5.82 Å². The van der Waals surface area contributed by atoms with Crippen molar-refractivity contribution in [2.75, 3.05) is 5.32 Å². The Morgan fingerprint density at radius 3 is 2.67 bits per heavy atom. The maximum absolute atomic E-state index is 12.5. The summed E-state index contributed by atoms with van der Waals surface area (Å²) < 4.78 is 1.90. The van der Waals surface area contributed by atoms with Crippen molar-refractivity contribution >= 4 is 17.4 Å². The second kappa shape index (κ2) is 5.87. The molecule has 6 nitrogen and oxygen atoms in total. The van der Waals surface area contributed by atoms with Gasteiger partial charge in [0.25, 0.3) is 5.91 Å². The van der Waals surface area contributed by atoms with Gasteiger partial charge in [-0.1, -0.05) is 19.0 Å². The van der Waals surface area contributed by atoms with Crippen molar-refractivity contribution in [2.24, 2.45) is 5.16 Å². The fourth-order valence-electron chi connectivity index (χ4n) is 2.62. The molecular formula is C15H24N4O2. The second-order valence-electron chi connectivity index (χ2n) is 5.87. The summed E-state index contributed by atoms with van der Waals surface area (Å²) in [5, 5.41) is 11.3. The van der Waals surface area contributed by atoms with E-state index in [-0.39, 0.29) is 11.9 Å². The van der Waals surface area contributed by atoms with E-state index in [4.69, 9.17) is 4.84 Å². The maximum Gasteiger partial charge on any atom is 0.272 e. The molecule has 1 amide bonds. The summed E-state index contributed by atoms with van der Waals surface area (Å²) in [6.07, 6.45) is 2.45. The van der Waals surface area contributed by atoms with E-state index in [9.17, 15) is 4.79 Å². The van der Waals surface area contributed by atoms with Crippen LogP contribution in [0, 0.1) is 6.92 Å². The van der Waals surface area contributed by atoms with E-state index in [1.807, 2.05) is 24.6 Å². The number of rotatable bonds is 5. The summed E-state index contributed by atoms with van der Waals surface area (Å²) in [7, 11) is 0. The minimum absolute atomic E-state index is 0.185. The molecule has 2 heterocycles. The van der Waals surface area contributed by atoms with Crippen LogP contribution in [-0.2, 0) is 9.63 Å². The predicted molar refractivity (Wildman–Crippen MR) is 82.4 cm³/mol. The predicted octanol–water partition coefficient (Wildman–Crippen LogP) is 3.05. The molecule has 0 saturated carbocycles. The zero-order chi connectivity index (χ0) is 15.6. The molecule has 0 bridgehead atoms. The van der Waals surface area contributed by atoms with Crippen LogP contribution in [0.5, 0.6) is 0 Å². The van der Waals surface area contributed by atoms with Gasteiger partial charge in [-0.25, -0.2) is 4.68 Å². The summed E-state index contributed by atoms with van der Waals surface area (Å²) in [4.78, 5) is 17.8. The Morgan fingerprint density at radius 2 is 2.14 bits per heavy atom. The van der Waals surface area contributed by atoms with Crippen molar-refractivity contribution in [1.82, 2.24) is 9.78 Å². The Labute approximate surface area is 125 Å². The Kier molecular flexibility index (Phi) is 4.34. The van der Waals surface area contributed by atoms with Gasteiger partial charge in [-0.3, -0.25) is 4.79 Å². The highest BCUT2D eigenvalue weighted by Crippen LogP contribution is 2.27. The smallest absolute Gasteiger partial charge is 0.272 e. The number of oxime groups is 1. The molecule has 0 radical (unpaired) electrons. The van der Waals surface area contributed by atoms with E-state index in [2.05, 4.69) is 29.4 Å². The fraction of sp³-hybridized carbons (Fsp3) is 0.667. The molecule has 0 spiro atoms. The van der Waals surface area contributed by atoms with Crippen molar-refractivity contribution in [1.29, 1.82) is 0 Å². The first-order chi connectivity index (χ1) is 9.89. The van der Waals surface area contributed by atoms with Crippen LogP contribution in [0.15, 0.2) is 11.2 Å². The average molecular weight is 292 g/mol. The van der Waals surface area contributed by atoms with E-state index in [1.165, 1.54) is 0 Å². The molecule has 116 valence electrons. The van der Waals surface area contributed by atoms with Crippen LogP contribution in [0.3, 0.4) is 0 Å². The normalized spacial score (nSPS) is 21.3. The van der Waals surface area contributed by atoms with E-state index < -0.39 is 5.60 Å². The number of carbonyl (C=O) groups is 1. The summed E-state index contributed by atoms with van der Waals surface area (Å²) in [6.45, 7) is 9.78. The number of carbonyl (C=O) groups excluding carboxylic acids is 1. The Balaban J connectivity index is 2.18. The summed E-state index contributed by atoms with van der Waals surface area (Å²) in [6, 6.07) is 2.17. The molecule has 21 heavy (non-hydrogen) atoms. The van der Waals surface area contributed by atoms with Gasteiger partial charge in [0, 0.05) is 12.5 Å². The highest BCUT2D eigenvalue weighted by molar-refractivity contribution is 6.01. The van der Waals surface area contributed by atoms with E-state index in [0.717, 1.165) is 30.1 Å². The molecule has 0 aliphatic carbocycles. The molecule has 1 atom stereocenters. The number of hydrogen-bond donors (Lipinski definition) is 1. The number of amides is 1. The fourth-order valence-corrected chi connectivity index (χ4v) is 2.62. The van der Waals surface area contributed by atoms with Crippen molar-refractivity contribution in [2.45, 2.75) is 65.5 Å². The lowest BCUT2D eigenvalue weighted by atomic mass is 9.99. The van der Waals surface area contributed by atoms with Gasteiger partial charge < -0.3 is 10.2 Å². The van der Waals surface area contributed by atoms with Crippen molar-refractivity contribution in [3.05, 3.63) is 11.8 Å². The first-order valence-corrected chi connectivity index (χ1v) is 7.49. The lowest BCUT2D eigenvalue weighted by Gasteiger charge is -2.22. The molecular weight excluding hydrogens is 268 g/mol. The number of anilines is 1. The number of nitrogens with one attached hydrogen (secondary N) is 1. The molecule has 0 fully saturated rings. The van der Waals surface area contributed by atoms with Crippen LogP contribution >= 0.6 is 0 Å². The first kappa shape index (κ1) is 15.5. The quantitative estimate of drug-likeness (QED) is 0.907. The monoisotopic (exact) mass is 292 g/mol. The molecule has 2 rings (SSSR count). The SMILES string of the molecule is CCC(CC)n1nc(C)cc1NC(=O)[C@]1(C)CC(C)=NO1. The van der Waals surface area contributed by atoms with Crippen LogP contribution in [-0.4, -0.2) is 27.0 Å². The van der Waals surface area contributed by atoms with Crippen LogP contribution < -0.4 is 5.32 Å². The molecule has 1 aromatic heterocycles. The third kappa shape index (κ3) is 3.09. The van der Waals surface area contributed by atoms with Crippen molar-refractivity contribution in [3.8, 4) is 0 Å². The van der Waals surface area contributed by atoms with Gasteiger partial charge in [-0.15, -0.1) is 0 Å². The van der Waals surface area contributed by atoms with E-state index in [1.54, 1.807) is 6.92 Å². The lowest BCUT2D eigenvalue weighted by molar-refractivity contribution is -0.136. The lowest BCUT2D eigenvalue weighted by Crippen LogP contribution is -2.40. The number of aryl methyl sites for hydroxylation is 1. The zero-order valence-corrected chi connectivity index (χ0v) is 13.4. The largest absolute Gasteiger partial charge is 0.379 e. The average Bonchev–Trinajstić information content (AvgIpc) is 2.96. The summed E-state index contributed by atoms with van der Waals surface area (Å²) in [5.41, 5.74) is 0.792. The van der Waals surface area contributed by atoms with Crippen LogP contribution in [0.1, 0.15) is 58.7 Å². The molecule has 0 unspecified atom stereocenters. The first-order valence-electron chi connectivity index (χ1n) is 7.49. The zero-order valence-electron chi connectivity index (χ0n) is 13.4. The Hall–Kier alpha value is -1.85. The molecule has 1 N–H and O–H groups in total. The number of aromatic nitrogens is 2. The van der Waals surface area contributed by atoms with E-state index >= 15 is 0 Å². The van der Waals surface area contributed by atoms with Crippen LogP contribution in [0.2, 0.25) is 0 Å². The van der Waals surface area contributed by atoms with Crippen LogP contribution in [0.25, 0.3) is 0 Å². The standard InChI is InChI=1S/C15H24N4O2/c1-6-12(7-2)19-13(8-10(3)17-19)16-14(20)15(5)9-11(4)18-21-15/h8,12H,6-7,9H2,1-5H3,(H,16,20)/t15-/m0/s1. The summed E-state index contributed by atoms with van der Waals surface area (Å²) in [5.74, 6) is 0.538. The maximum atomic E-state index is 12.5. The van der Waals surface area contributed by atoms with Crippen molar-refractivity contribution in [3.63, 3.8) is 0 Å². The van der Waals surface area contributed by atoms with Gasteiger partial charge in [-0.05, 0) is 33.6 Å². The van der Waals surface area contributed by atoms with E-state index in [0.29, 0.717) is 6.42 Å². The van der Waals surface area contributed by atoms with Crippen molar-refractivity contribution < 1.29 is 9.63 Å². The second-order valence-corrected chi connectivity index (χ2v) is 5.87. The third-order valence-electron chi connectivity index (χ3n) is 3.86. The number of nitrogens with zero attached hydrogens (tertiary/aromatic N) is 3. The minimum atomic E-state index is -0.930. The topological polar surface area (TPSA) is 68.5 Å². The minimum Gasteiger partial charge on any atom is -0.379 e. The summed E-state index contributed by atoms with van der Waals surface area (Å²) >= 11 is 0. The molecule has 1 aromatic rings. The number of hydrogen-bond acceptors (Lipinski definition) is 4. The highest BCUT2D eigenvalue weighted by Gasteiger charge is 2.41. The Morgan fingerprint density at radius 1 is 1.48 bits per heavy atom. The highest BCUT2D eigenvalue weighted by atomic mass is 16.7. The van der Waals surface area contributed by atoms with Gasteiger partial charge in [0.05, 0.1) is 17.4 Å². The van der Waals surface area contributed by atoms with Gasteiger partial charge in [0.1, 0.15) is 5.82 Å². The molecule has 0 saturated heterocycles. The molecule has 0 aromatic carbocycles. The molecule has 6 heteroatoms. The molecule has 1 aliphatic heterocycles. The third-order valence-corrected chi connectivity index (χ3v) is 3.86. The Bertz CT molecular complexity index is 560. The van der Waals surface area contributed by atoms with Gasteiger partial charge in [-0.2, -0.15) is 5.10 Å².